The van der Waals surface area contributed by atoms with E-state index in [9.17, 15) is 4.79 Å². The lowest BCUT2D eigenvalue weighted by Crippen LogP contribution is -1.93. The fourth-order valence-corrected chi connectivity index (χ4v) is 1.07. The van der Waals surface area contributed by atoms with Crippen LogP contribution in [0.3, 0.4) is 0 Å². The fraction of sp³-hybridized carbons (Fsp3) is 0.250. The monoisotopic (exact) mass is 229 g/mol. The van der Waals surface area contributed by atoms with Crippen molar-refractivity contribution in [3.63, 3.8) is 0 Å². The molecule has 0 unspecified atom stereocenters. The molecule has 1 rings (SSSR count). The predicted octanol–water partition coefficient (Wildman–Crippen LogP) is 1.73. The molecule has 0 aliphatic heterocycles. The first-order chi connectivity index (χ1) is 5.77. The summed E-state index contributed by atoms with van der Waals surface area (Å²) in [4.78, 5) is 14.0. The molecule has 1 atom stereocenters. The average Bonchev–Trinajstić information content (AvgIpc) is 2.17. The molecule has 3 nitrogen and oxygen atoms in total. The van der Waals surface area contributed by atoms with Gasteiger partial charge in [-0.2, -0.15) is 0 Å². The molecule has 0 aliphatic rings. The zero-order valence-electron chi connectivity index (χ0n) is 6.53. The molecular formula is C8H8BrNO2. The van der Waals surface area contributed by atoms with Gasteiger partial charge in [-0.05, 0) is 11.6 Å². The Morgan fingerprint density at radius 1 is 1.75 bits per heavy atom. The minimum atomic E-state index is -0.283. The Hall–Kier alpha value is -0.900. The summed E-state index contributed by atoms with van der Waals surface area (Å²) in [6.45, 7) is 0. The van der Waals surface area contributed by atoms with E-state index >= 15 is 0 Å². The number of halogens is 1. The lowest BCUT2D eigenvalue weighted by molar-refractivity contribution is -0.107. The van der Waals surface area contributed by atoms with E-state index in [1.807, 2.05) is 0 Å². The standard InChI is InChI=1S/C8H8BrNO2/c1-12-8-4-6(2-3-10-8)7(9)5-11/h2-5,7H,1H3/t7-/m1/s1. The van der Waals surface area contributed by atoms with E-state index in [4.69, 9.17) is 4.74 Å². The summed E-state index contributed by atoms with van der Waals surface area (Å²) >= 11 is 3.20. The molecule has 1 aromatic rings. The highest BCUT2D eigenvalue weighted by atomic mass is 79.9. The highest BCUT2D eigenvalue weighted by Gasteiger charge is 2.06. The topological polar surface area (TPSA) is 39.2 Å². The van der Waals surface area contributed by atoms with E-state index in [1.54, 1.807) is 18.3 Å². The highest BCUT2D eigenvalue weighted by Crippen LogP contribution is 2.21. The molecule has 0 saturated heterocycles. The third-order valence-corrected chi connectivity index (χ3v) is 2.15. The summed E-state index contributed by atoms with van der Waals surface area (Å²) in [7, 11) is 1.54. The first-order valence-electron chi connectivity index (χ1n) is 3.37. The molecule has 0 amide bonds. The number of aldehydes is 1. The van der Waals surface area contributed by atoms with Gasteiger partial charge in [-0.15, -0.1) is 0 Å². The molecule has 4 heteroatoms. The van der Waals surface area contributed by atoms with Gasteiger partial charge in [0.05, 0.1) is 11.9 Å². The van der Waals surface area contributed by atoms with Gasteiger partial charge in [0.15, 0.2) is 0 Å². The normalized spacial score (nSPS) is 12.2. The largest absolute Gasteiger partial charge is 0.481 e. The zero-order valence-corrected chi connectivity index (χ0v) is 8.11. The van der Waals surface area contributed by atoms with E-state index in [-0.39, 0.29) is 4.83 Å². The lowest BCUT2D eigenvalue weighted by atomic mass is 10.2. The maximum atomic E-state index is 10.4. The molecule has 1 aromatic heterocycles. The number of carbonyl (C=O) groups is 1. The second kappa shape index (κ2) is 4.21. The van der Waals surface area contributed by atoms with Gasteiger partial charge < -0.3 is 9.53 Å². The van der Waals surface area contributed by atoms with Crippen LogP contribution in [0.1, 0.15) is 10.4 Å². The Labute approximate surface area is 78.9 Å². The summed E-state index contributed by atoms with van der Waals surface area (Å²) in [5.74, 6) is 0.513. The van der Waals surface area contributed by atoms with Crippen molar-refractivity contribution in [3.8, 4) is 5.88 Å². The van der Waals surface area contributed by atoms with Crippen molar-refractivity contribution in [1.82, 2.24) is 4.98 Å². The molecule has 64 valence electrons. The number of rotatable bonds is 3. The Kier molecular flexibility index (Phi) is 3.22. The van der Waals surface area contributed by atoms with Gasteiger partial charge in [-0.25, -0.2) is 4.98 Å². The van der Waals surface area contributed by atoms with Crippen LogP contribution in [0.2, 0.25) is 0 Å². The van der Waals surface area contributed by atoms with Crippen LogP contribution >= 0.6 is 15.9 Å². The number of alkyl halides is 1. The first kappa shape index (κ1) is 9.19. The fourth-order valence-electron chi connectivity index (χ4n) is 0.786. The number of methoxy groups -OCH3 is 1. The van der Waals surface area contributed by atoms with Crippen molar-refractivity contribution in [1.29, 1.82) is 0 Å². The van der Waals surface area contributed by atoms with E-state index in [1.165, 1.54) is 7.11 Å². The molecule has 0 bridgehead atoms. The number of pyridine rings is 1. The van der Waals surface area contributed by atoms with Gasteiger partial charge in [0, 0.05) is 12.3 Å². The number of ether oxygens (including phenoxy) is 1. The molecule has 0 saturated carbocycles. The third kappa shape index (κ3) is 2.04. The molecular weight excluding hydrogens is 222 g/mol. The second-order valence-electron chi connectivity index (χ2n) is 2.17. The number of nitrogens with zero attached hydrogens (tertiary/aromatic N) is 1. The molecule has 0 aliphatic carbocycles. The molecule has 0 fully saturated rings. The van der Waals surface area contributed by atoms with Crippen LogP contribution in [0.5, 0.6) is 5.88 Å². The average molecular weight is 230 g/mol. The van der Waals surface area contributed by atoms with Crippen LogP contribution in [-0.4, -0.2) is 18.4 Å². The summed E-state index contributed by atoms with van der Waals surface area (Å²) in [6, 6.07) is 3.48. The number of hydrogen-bond acceptors (Lipinski definition) is 3. The summed E-state index contributed by atoms with van der Waals surface area (Å²) in [6.07, 6.45) is 2.42. The minimum Gasteiger partial charge on any atom is -0.481 e. The quantitative estimate of drug-likeness (QED) is 0.586. The molecule has 12 heavy (non-hydrogen) atoms. The van der Waals surface area contributed by atoms with Gasteiger partial charge in [0.1, 0.15) is 6.29 Å². The van der Waals surface area contributed by atoms with Crippen molar-refractivity contribution in [2.75, 3.05) is 7.11 Å². The van der Waals surface area contributed by atoms with Crippen molar-refractivity contribution in [2.24, 2.45) is 0 Å². The van der Waals surface area contributed by atoms with Crippen molar-refractivity contribution in [2.45, 2.75) is 4.83 Å². The van der Waals surface area contributed by atoms with Crippen LogP contribution in [0.4, 0.5) is 0 Å². The number of aromatic nitrogens is 1. The SMILES string of the molecule is COc1cc([C@H](Br)C=O)ccn1. The van der Waals surface area contributed by atoms with Crippen LogP contribution < -0.4 is 4.74 Å². The van der Waals surface area contributed by atoms with E-state index in [2.05, 4.69) is 20.9 Å². The van der Waals surface area contributed by atoms with Crippen molar-refractivity contribution in [3.05, 3.63) is 23.9 Å². The van der Waals surface area contributed by atoms with Crippen molar-refractivity contribution >= 4 is 22.2 Å². The maximum Gasteiger partial charge on any atom is 0.213 e. The smallest absolute Gasteiger partial charge is 0.213 e. The molecule has 0 N–H and O–H groups in total. The lowest BCUT2D eigenvalue weighted by Gasteiger charge is -2.03. The van der Waals surface area contributed by atoms with Gasteiger partial charge in [-0.3, -0.25) is 0 Å². The molecule has 1 heterocycles. The Morgan fingerprint density at radius 3 is 3.08 bits per heavy atom. The molecule has 0 aromatic carbocycles. The van der Waals surface area contributed by atoms with Gasteiger partial charge in [0.25, 0.3) is 0 Å². The van der Waals surface area contributed by atoms with Gasteiger partial charge >= 0.3 is 0 Å². The maximum absolute atomic E-state index is 10.4. The summed E-state index contributed by atoms with van der Waals surface area (Å²) in [5.41, 5.74) is 0.844. The molecule has 0 radical (unpaired) electrons. The van der Waals surface area contributed by atoms with Crippen molar-refractivity contribution < 1.29 is 9.53 Å². The van der Waals surface area contributed by atoms with Crippen LogP contribution in [0.25, 0.3) is 0 Å². The summed E-state index contributed by atoms with van der Waals surface area (Å²) < 4.78 is 4.90. The first-order valence-corrected chi connectivity index (χ1v) is 4.29. The van der Waals surface area contributed by atoms with E-state index in [0.29, 0.717) is 5.88 Å². The van der Waals surface area contributed by atoms with E-state index < -0.39 is 0 Å². The zero-order chi connectivity index (χ0) is 8.97. The number of carbonyl (C=O) groups excluding carboxylic acids is 1. The van der Waals surface area contributed by atoms with Crippen LogP contribution in [0, 0.1) is 0 Å². The second-order valence-corrected chi connectivity index (χ2v) is 3.16. The molecule has 0 spiro atoms. The Bertz CT molecular complexity index is 278. The van der Waals surface area contributed by atoms with Gasteiger partial charge in [0.2, 0.25) is 5.88 Å². The predicted molar refractivity (Wildman–Crippen MR) is 48.5 cm³/mol. The van der Waals surface area contributed by atoms with Gasteiger partial charge in [-0.1, -0.05) is 15.9 Å². The summed E-state index contributed by atoms with van der Waals surface area (Å²) in [5, 5.41) is 0. The Balaban J connectivity index is 2.93. The van der Waals surface area contributed by atoms with Crippen LogP contribution in [0.15, 0.2) is 18.3 Å². The third-order valence-electron chi connectivity index (χ3n) is 1.41. The highest BCUT2D eigenvalue weighted by molar-refractivity contribution is 9.09. The number of hydrogen-bond donors (Lipinski definition) is 0. The Morgan fingerprint density at radius 2 is 2.50 bits per heavy atom. The minimum absolute atomic E-state index is 0.283. The van der Waals surface area contributed by atoms with E-state index in [0.717, 1.165) is 11.8 Å². The van der Waals surface area contributed by atoms with Crippen LogP contribution in [-0.2, 0) is 4.79 Å².